The third-order valence-corrected chi connectivity index (χ3v) is 2.70. The fraction of sp³-hybridized carbons (Fsp3) is 0.538. The number of pyridine rings is 1. The zero-order chi connectivity index (χ0) is 12.7. The molecule has 1 aromatic heterocycles. The van der Waals surface area contributed by atoms with Crippen LogP contribution in [-0.4, -0.2) is 35.9 Å². The Morgan fingerprint density at radius 1 is 1.42 bits per heavy atom. The molecular formula is C13H23Cl2N3O. The first-order valence-electron chi connectivity index (χ1n) is 6.02. The molecule has 0 saturated carbocycles. The third kappa shape index (κ3) is 6.76. The van der Waals surface area contributed by atoms with Crippen molar-refractivity contribution < 1.29 is 4.79 Å². The second-order valence-electron chi connectivity index (χ2n) is 4.13. The first-order valence-corrected chi connectivity index (χ1v) is 6.02. The summed E-state index contributed by atoms with van der Waals surface area (Å²) >= 11 is 0. The molecule has 0 radical (unpaired) electrons. The van der Waals surface area contributed by atoms with Gasteiger partial charge in [-0.05, 0) is 26.1 Å². The molecule has 4 nitrogen and oxygen atoms in total. The van der Waals surface area contributed by atoms with Crippen LogP contribution in [0.3, 0.4) is 0 Å². The highest BCUT2D eigenvalue weighted by Crippen LogP contribution is 2.06. The second-order valence-corrected chi connectivity index (χ2v) is 4.13. The monoisotopic (exact) mass is 307 g/mol. The Hall–Kier alpha value is -0.840. The Morgan fingerprint density at radius 3 is 2.58 bits per heavy atom. The summed E-state index contributed by atoms with van der Waals surface area (Å²) in [5, 5.41) is 3.03. The number of halogens is 2. The van der Waals surface area contributed by atoms with Crippen molar-refractivity contribution in [1.29, 1.82) is 0 Å². The number of amides is 1. The van der Waals surface area contributed by atoms with Gasteiger partial charge in [0.05, 0.1) is 12.2 Å². The molecule has 1 atom stereocenters. The van der Waals surface area contributed by atoms with Gasteiger partial charge in [0.25, 0.3) is 0 Å². The first-order chi connectivity index (χ1) is 8.19. The van der Waals surface area contributed by atoms with E-state index >= 15 is 0 Å². The Kier molecular flexibility index (Phi) is 11.9. The van der Waals surface area contributed by atoms with Gasteiger partial charge in [-0.15, -0.1) is 24.8 Å². The summed E-state index contributed by atoms with van der Waals surface area (Å²) in [6.45, 7) is 5.94. The van der Waals surface area contributed by atoms with Gasteiger partial charge in [-0.2, -0.15) is 0 Å². The molecule has 0 aliphatic heterocycles. The van der Waals surface area contributed by atoms with Crippen molar-refractivity contribution in [2.24, 2.45) is 5.92 Å². The van der Waals surface area contributed by atoms with E-state index in [1.54, 1.807) is 6.20 Å². The van der Waals surface area contributed by atoms with E-state index in [1.807, 2.05) is 44.0 Å². The van der Waals surface area contributed by atoms with Crippen LogP contribution in [-0.2, 0) is 11.3 Å². The number of carbonyl (C=O) groups excluding carboxylic acids is 1. The Morgan fingerprint density at radius 2 is 2.11 bits per heavy atom. The number of aromatic nitrogens is 1. The molecule has 0 bridgehead atoms. The summed E-state index contributed by atoms with van der Waals surface area (Å²) in [4.78, 5) is 18.2. The highest BCUT2D eigenvalue weighted by molar-refractivity contribution is 5.85. The molecule has 1 aromatic rings. The molecule has 1 unspecified atom stereocenters. The maximum absolute atomic E-state index is 12.1. The molecular weight excluding hydrogens is 285 g/mol. The standard InChI is InChI=1S/C13H21N3O.2ClH/c1-4-16(13(17)11(2)9-14-3)10-12-7-5-6-8-15-12;;/h5-8,11,14H,4,9-10H2,1-3H3;2*1H. The quantitative estimate of drug-likeness (QED) is 0.875. The van der Waals surface area contributed by atoms with E-state index in [-0.39, 0.29) is 36.6 Å². The molecule has 110 valence electrons. The lowest BCUT2D eigenvalue weighted by atomic mass is 10.1. The minimum atomic E-state index is 0. The van der Waals surface area contributed by atoms with Crippen molar-refractivity contribution >= 4 is 30.7 Å². The lowest BCUT2D eigenvalue weighted by Crippen LogP contribution is -2.38. The number of nitrogens with zero attached hydrogens (tertiary/aromatic N) is 2. The summed E-state index contributed by atoms with van der Waals surface area (Å²) in [5.41, 5.74) is 0.930. The Bertz CT molecular complexity index is 349. The summed E-state index contributed by atoms with van der Waals surface area (Å²) in [6.07, 6.45) is 1.75. The van der Waals surface area contributed by atoms with Crippen molar-refractivity contribution in [3.63, 3.8) is 0 Å². The fourth-order valence-corrected chi connectivity index (χ4v) is 1.74. The van der Waals surface area contributed by atoms with Crippen LogP contribution in [0, 0.1) is 5.92 Å². The maximum atomic E-state index is 12.1. The molecule has 0 aliphatic carbocycles. The molecule has 0 aliphatic rings. The van der Waals surface area contributed by atoms with E-state index in [9.17, 15) is 4.79 Å². The van der Waals surface area contributed by atoms with Gasteiger partial charge in [-0.25, -0.2) is 0 Å². The number of hydrogen-bond acceptors (Lipinski definition) is 3. The Balaban J connectivity index is 0. The van der Waals surface area contributed by atoms with Gasteiger partial charge < -0.3 is 10.2 Å². The lowest BCUT2D eigenvalue weighted by Gasteiger charge is -2.24. The second kappa shape index (κ2) is 11.0. The van der Waals surface area contributed by atoms with Crippen molar-refractivity contribution in [2.75, 3.05) is 20.1 Å². The highest BCUT2D eigenvalue weighted by atomic mass is 35.5. The maximum Gasteiger partial charge on any atom is 0.227 e. The zero-order valence-corrected chi connectivity index (χ0v) is 13.3. The van der Waals surface area contributed by atoms with Crippen LogP contribution in [0.15, 0.2) is 24.4 Å². The largest absolute Gasteiger partial charge is 0.337 e. The highest BCUT2D eigenvalue weighted by Gasteiger charge is 2.18. The minimum Gasteiger partial charge on any atom is -0.337 e. The number of hydrogen-bond donors (Lipinski definition) is 1. The number of carbonyl (C=O) groups is 1. The first kappa shape index (κ1) is 20.5. The van der Waals surface area contributed by atoms with Crippen molar-refractivity contribution in [3.8, 4) is 0 Å². The average Bonchev–Trinajstić information content (AvgIpc) is 2.36. The van der Waals surface area contributed by atoms with E-state index in [1.165, 1.54) is 0 Å². The van der Waals surface area contributed by atoms with E-state index in [4.69, 9.17) is 0 Å². The summed E-state index contributed by atoms with van der Waals surface area (Å²) < 4.78 is 0. The zero-order valence-electron chi connectivity index (χ0n) is 11.6. The van der Waals surface area contributed by atoms with Gasteiger partial charge in [-0.1, -0.05) is 13.0 Å². The van der Waals surface area contributed by atoms with Gasteiger partial charge in [0.1, 0.15) is 0 Å². The molecule has 1 amide bonds. The van der Waals surface area contributed by atoms with Crippen LogP contribution in [0.2, 0.25) is 0 Å². The van der Waals surface area contributed by atoms with Crippen LogP contribution in [0.4, 0.5) is 0 Å². The van der Waals surface area contributed by atoms with Crippen molar-refractivity contribution in [3.05, 3.63) is 30.1 Å². The van der Waals surface area contributed by atoms with Crippen LogP contribution < -0.4 is 5.32 Å². The van der Waals surface area contributed by atoms with Gasteiger partial charge in [0.2, 0.25) is 5.91 Å². The predicted octanol–water partition coefficient (Wildman–Crippen LogP) is 2.13. The normalized spacial score (nSPS) is 10.9. The molecule has 19 heavy (non-hydrogen) atoms. The Labute approximate surface area is 127 Å². The summed E-state index contributed by atoms with van der Waals surface area (Å²) in [6, 6.07) is 5.77. The van der Waals surface area contributed by atoms with Crippen LogP contribution in [0.25, 0.3) is 0 Å². The topological polar surface area (TPSA) is 45.2 Å². The average molecular weight is 308 g/mol. The molecule has 1 rings (SSSR count). The molecule has 0 saturated heterocycles. The molecule has 0 aromatic carbocycles. The summed E-state index contributed by atoms with van der Waals surface area (Å²) in [5.74, 6) is 0.177. The molecule has 6 heteroatoms. The summed E-state index contributed by atoms with van der Waals surface area (Å²) in [7, 11) is 1.86. The van der Waals surface area contributed by atoms with Gasteiger partial charge in [0, 0.05) is 25.2 Å². The SMILES string of the molecule is CCN(Cc1ccccn1)C(=O)C(C)CNC.Cl.Cl. The lowest BCUT2D eigenvalue weighted by molar-refractivity contribution is -0.135. The van der Waals surface area contributed by atoms with Gasteiger partial charge >= 0.3 is 0 Å². The van der Waals surface area contributed by atoms with Crippen LogP contribution >= 0.6 is 24.8 Å². The van der Waals surface area contributed by atoms with Crippen LogP contribution in [0.5, 0.6) is 0 Å². The van der Waals surface area contributed by atoms with E-state index in [2.05, 4.69) is 10.3 Å². The smallest absolute Gasteiger partial charge is 0.227 e. The van der Waals surface area contributed by atoms with Gasteiger partial charge in [0.15, 0.2) is 0 Å². The molecule has 0 fully saturated rings. The molecule has 0 spiro atoms. The van der Waals surface area contributed by atoms with Crippen molar-refractivity contribution in [2.45, 2.75) is 20.4 Å². The van der Waals surface area contributed by atoms with Crippen molar-refractivity contribution in [1.82, 2.24) is 15.2 Å². The molecule has 1 N–H and O–H groups in total. The predicted molar refractivity (Wildman–Crippen MR) is 82.9 cm³/mol. The van der Waals surface area contributed by atoms with Gasteiger partial charge in [-0.3, -0.25) is 9.78 Å². The minimum absolute atomic E-state index is 0. The fourth-order valence-electron chi connectivity index (χ4n) is 1.74. The molecule has 1 heterocycles. The van der Waals surface area contributed by atoms with E-state index < -0.39 is 0 Å². The van der Waals surface area contributed by atoms with E-state index in [0.29, 0.717) is 19.6 Å². The number of rotatable bonds is 6. The number of nitrogens with one attached hydrogen (secondary N) is 1. The van der Waals surface area contributed by atoms with E-state index in [0.717, 1.165) is 5.69 Å². The third-order valence-electron chi connectivity index (χ3n) is 2.70. The van der Waals surface area contributed by atoms with Crippen LogP contribution in [0.1, 0.15) is 19.5 Å².